The van der Waals surface area contributed by atoms with Crippen LogP contribution < -0.4 is 10.6 Å². The summed E-state index contributed by atoms with van der Waals surface area (Å²) in [4.78, 5) is 44.9. The van der Waals surface area contributed by atoms with E-state index in [0.29, 0.717) is 31.7 Å². The molecular weight excluding hydrogens is 592 g/mol. The highest BCUT2D eigenvalue weighted by atomic mass is 16.3. The summed E-state index contributed by atoms with van der Waals surface area (Å²) in [6, 6.07) is 7.82. The molecule has 1 aliphatic rings. The van der Waals surface area contributed by atoms with E-state index in [0.717, 1.165) is 50.9 Å². The van der Waals surface area contributed by atoms with Gasteiger partial charge in [0, 0.05) is 39.4 Å². The van der Waals surface area contributed by atoms with Crippen LogP contribution in [0.2, 0.25) is 0 Å². The highest BCUT2D eigenvalue weighted by Crippen LogP contribution is 2.29. The molecule has 1 saturated carbocycles. The number of nitrogens with one attached hydrogen (secondary N) is 2. The van der Waals surface area contributed by atoms with E-state index < -0.39 is 42.0 Å². The Morgan fingerprint density at radius 3 is 2.17 bits per heavy atom. The molecule has 1 aliphatic carbocycles. The maximum absolute atomic E-state index is 13.9. The SMILES string of the molecule is C#CCC[C@H](NC(=O)[C@@H](CC(=O)N(C)CCN(CC)CC)Cc1ccccc1)C(=O)N[C@@H](CC1CCCCC1)[C@@H](O)[C@@H](O)CCC#C. The van der Waals surface area contributed by atoms with Gasteiger partial charge < -0.3 is 30.6 Å². The lowest BCUT2D eigenvalue weighted by Gasteiger charge is -2.33. The van der Waals surface area contributed by atoms with Crippen LogP contribution >= 0.6 is 0 Å². The Hall–Kier alpha value is -3.37. The lowest BCUT2D eigenvalue weighted by Crippen LogP contribution is -2.56. The minimum Gasteiger partial charge on any atom is -0.390 e. The van der Waals surface area contributed by atoms with Crippen molar-refractivity contribution in [1.29, 1.82) is 0 Å². The number of amides is 3. The fourth-order valence-electron chi connectivity index (χ4n) is 6.28. The molecule has 47 heavy (non-hydrogen) atoms. The quantitative estimate of drug-likeness (QED) is 0.151. The molecule has 1 aromatic rings. The van der Waals surface area contributed by atoms with E-state index in [1.807, 2.05) is 30.3 Å². The maximum Gasteiger partial charge on any atom is 0.242 e. The molecule has 9 nitrogen and oxygen atoms in total. The molecule has 260 valence electrons. The standard InChI is InChI=1S/C38H58N4O5/c1-6-10-22-32(38(47)40-33(27-30-20-16-13-17-21-30)36(45)34(43)23-11-7-2)39-37(46)31(26-29-18-14-12-15-19-29)28-35(44)41(5)24-25-42(8-3)9-4/h1-2,12,14-15,18-19,30-34,36,43,45H,8-11,13,16-17,20-28H2,3-5H3,(H,39,46)(H,40,47)/t31-,32+,33+,34+,36-/m1/s1. The fourth-order valence-corrected chi connectivity index (χ4v) is 6.28. The van der Waals surface area contributed by atoms with Crippen molar-refractivity contribution in [2.45, 2.75) is 115 Å². The smallest absolute Gasteiger partial charge is 0.242 e. The van der Waals surface area contributed by atoms with E-state index >= 15 is 0 Å². The fraction of sp³-hybridized carbons (Fsp3) is 0.658. The Labute approximate surface area is 283 Å². The molecule has 1 aromatic carbocycles. The molecule has 0 bridgehead atoms. The highest BCUT2D eigenvalue weighted by Gasteiger charge is 2.34. The second-order valence-corrected chi connectivity index (χ2v) is 12.9. The molecule has 2 rings (SSSR count). The number of aliphatic hydroxyl groups is 2. The summed E-state index contributed by atoms with van der Waals surface area (Å²) in [5, 5.41) is 27.7. The summed E-state index contributed by atoms with van der Waals surface area (Å²) in [5.74, 6) is 3.61. The van der Waals surface area contributed by atoms with Gasteiger partial charge in [-0.05, 0) is 50.3 Å². The summed E-state index contributed by atoms with van der Waals surface area (Å²) in [6.45, 7) is 7.23. The highest BCUT2D eigenvalue weighted by molar-refractivity contribution is 5.91. The number of carbonyl (C=O) groups excluding carboxylic acids is 3. The minimum atomic E-state index is -1.21. The van der Waals surface area contributed by atoms with E-state index in [4.69, 9.17) is 12.8 Å². The van der Waals surface area contributed by atoms with Crippen LogP contribution in [0.1, 0.15) is 90.0 Å². The molecule has 0 unspecified atom stereocenters. The van der Waals surface area contributed by atoms with Crippen molar-refractivity contribution in [3.05, 3.63) is 35.9 Å². The molecule has 0 aliphatic heterocycles. The number of rotatable bonds is 21. The lowest BCUT2D eigenvalue weighted by molar-refractivity contribution is -0.137. The molecule has 3 amide bonds. The van der Waals surface area contributed by atoms with Gasteiger partial charge in [0.15, 0.2) is 0 Å². The van der Waals surface area contributed by atoms with Crippen LogP contribution in [-0.4, -0.2) is 95.3 Å². The third-order valence-electron chi connectivity index (χ3n) is 9.43. The molecule has 0 heterocycles. The summed E-state index contributed by atoms with van der Waals surface area (Å²) in [6.07, 6.45) is 15.8. The van der Waals surface area contributed by atoms with Gasteiger partial charge in [0.05, 0.1) is 18.1 Å². The predicted octanol–water partition coefficient (Wildman–Crippen LogP) is 3.52. The van der Waals surface area contributed by atoms with Crippen molar-refractivity contribution in [1.82, 2.24) is 20.4 Å². The number of hydrogen-bond acceptors (Lipinski definition) is 6. The molecule has 4 N–H and O–H groups in total. The first-order valence-electron chi connectivity index (χ1n) is 17.5. The molecule has 0 aromatic heterocycles. The molecule has 0 saturated heterocycles. The van der Waals surface area contributed by atoms with Gasteiger partial charge in [0.1, 0.15) is 12.1 Å². The van der Waals surface area contributed by atoms with Crippen molar-refractivity contribution in [3.63, 3.8) is 0 Å². The van der Waals surface area contributed by atoms with Gasteiger partial charge in [0.2, 0.25) is 17.7 Å². The molecule has 0 spiro atoms. The summed E-state index contributed by atoms with van der Waals surface area (Å²) >= 11 is 0. The monoisotopic (exact) mass is 650 g/mol. The Bertz CT molecular complexity index is 1150. The molecule has 5 atom stereocenters. The first-order valence-corrected chi connectivity index (χ1v) is 17.5. The van der Waals surface area contributed by atoms with Gasteiger partial charge in [-0.3, -0.25) is 14.4 Å². The molecular formula is C38H58N4O5. The number of nitrogens with zero attached hydrogens (tertiary/aromatic N) is 2. The number of aliphatic hydroxyl groups excluding tert-OH is 2. The Morgan fingerprint density at radius 2 is 1.55 bits per heavy atom. The number of likely N-dealkylation sites (N-methyl/N-ethyl adjacent to an activating group) is 2. The number of benzene rings is 1. The van der Waals surface area contributed by atoms with Crippen LogP contribution in [0.3, 0.4) is 0 Å². The van der Waals surface area contributed by atoms with Crippen LogP contribution in [0.5, 0.6) is 0 Å². The average Bonchev–Trinajstić information content (AvgIpc) is 3.09. The van der Waals surface area contributed by atoms with Crippen molar-refractivity contribution in [3.8, 4) is 24.7 Å². The third-order valence-corrected chi connectivity index (χ3v) is 9.43. The lowest BCUT2D eigenvalue weighted by atomic mass is 9.82. The second-order valence-electron chi connectivity index (χ2n) is 12.9. The summed E-state index contributed by atoms with van der Waals surface area (Å²) in [7, 11) is 1.75. The Morgan fingerprint density at radius 1 is 0.915 bits per heavy atom. The normalized spacial score (nSPS) is 16.6. The van der Waals surface area contributed by atoms with Crippen LogP contribution in [0.25, 0.3) is 0 Å². The Kier molecular flexibility index (Phi) is 18.8. The van der Waals surface area contributed by atoms with Crippen LogP contribution in [-0.2, 0) is 20.8 Å². The van der Waals surface area contributed by atoms with E-state index in [1.54, 1.807) is 11.9 Å². The van der Waals surface area contributed by atoms with Crippen molar-refractivity contribution < 1.29 is 24.6 Å². The first-order chi connectivity index (χ1) is 22.6. The largest absolute Gasteiger partial charge is 0.390 e. The van der Waals surface area contributed by atoms with Crippen LogP contribution in [0.15, 0.2) is 30.3 Å². The van der Waals surface area contributed by atoms with Crippen molar-refractivity contribution in [2.24, 2.45) is 11.8 Å². The molecule has 9 heteroatoms. The van der Waals surface area contributed by atoms with Gasteiger partial charge in [0.25, 0.3) is 0 Å². The van der Waals surface area contributed by atoms with E-state index in [9.17, 15) is 24.6 Å². The zero-order chi connectivity index (χ0) is 34.6. The van der Waals surface area contributed by atoms with Gasteiger partial charge in [-0.15, -0.1) is 24.7 Å². The number of carbonyl (C=O) groups is 3. The second kappa shape index (κ2) is 22.2. The molecule has 0 radical (unpaired) electrons. The Balaban J connectivity index is 2.24. The van der Waals surface area contributed by atoms with E-state index in [2.05, 4.69) is 41.2 Å². The maximum atomic E-state index is 13.9. The first kappa shape index (κ1) is 39.8. The van der Waals surface area contributed by atoms with Gasteiger partial charge in [-0.1, -0.05) is 76.3 Å². The third kappa shape index (κ3) is 14.5. The average molecular weight is 651 g/mol. The van der Waals surface area contributed by atoms with Crippen molar-refractivity contribution in [2.75, 3.05) is 33.2 Å². The van der Waals surface area contributed by atoms with Gasteiger partial charge in [-0.25, -0.2) is 0 Å². The van der Waals surface area contributed by atoms with Crippen LogP contribution in [0, 0.1) is 36.5 Å². The van der Waals surface area contributed by atoms with Gasteiger partial charge >= 0.3 is 0 Å². The topological polar surface area (TPSA) is 122 Å². The number of terminal acetylenes is 2. The zero-order valence-electron chi connectivity index (χ0n) is 28.8. The summed E-state index contributed by atoms with van der Waals surface area (Å²) in [5.41, 5.74) is 0.910. The van der Waals surface area contributed by atoms with Gasteiger partial charge in [-0.2, -0.15) is 0 Å². The van der Waals surface area contributed by atoms with Crippen LogP contribution in [0.4, 0.5) is 0 Å². The van der Waals surface area contributed by atoms with E-state index in [1.165, 1.54) is 6.42 Å². The van der Waals surface area contributed by atoms with Crippen molar-refractivity contribution >= 4 is 17.7 Å². The van der Waals surface area contributed by atoms with E-state index in [-0.39, 0.29) is 31.6 Å². The zero-order valence-corrected chi connectivity index (χ0v) is 28.8. The predicted molar refractivity (Wildman–Crippen MR) is 187 cm³/mol. The summed E-state index contributed by atoms with van der Waals surface area (Å²) < 4.78 is 0. The molecule has 1 fully saturated rings. The number of hydrogen-bond donors (Lipinski definition) is 4. The minimum absolute atomic E-state index is 0.0106.